The second-order valence-corrected chi connectivity index (χ2v) is 3.54. The molecule has 5 heteroatoms. The Morgan fingerprint density at radius 3 is 2.69 bits per heavy atom. The van der Waals surface area contributed by atoms with Gasteiger partial charge in [-0.25, -0.2) is 0 Å². The molecule has 0 spiro atoms. The number of aromatic nitrogens is 2. The number of carbonyl (C=O) groups excluding carboxylic acids is 1. The largest absolute Gasteiger partial charge is 0.325 e. The number of amides is 1. The highest BCUT2D eigenvalue weighted by Crippen LogP contribution is 2.14. The van der Waals surface area contributed by atoms with E-state index in [1.165, 1.54) is 0 Å². The summed E-state index contributed by atoms with van der Waals surface area (Å²) in [6.07, 6.45) is 3.24. The van der Waals surface area contributed by atoms with Gasteiger partial charge in [0, 0.05) is 18.1 Å². The predicted octanol–water partition coefficient (Wildman–Crippen LogP) is 0.915. The van der Waals surface area contributed by atoms with Crippen LogP contribution in [0.5, 0.6) is 0 Å². The fourth-order valence-corrected chi connectivity index (χ4v) is 1.30. The second-order valence-electron chi connectivity index (χ2n) is 3.54. The molecule has 0 fully saturated rings. The van der Waals surface area contributed by atoms with E-state index in [0.29, 0.717) is 5.69 Å². The van der Waals surface area contributed by atoms with Crippen LogP contribution in [0.15, 0.2) is 30.6 Å². The van der Waals surface area contributed by atoms with E-state index in [0.717, 1.165) is 11.0 Å². The van der Waals surface area contributed by atoms with Gasteiger partial charge in [-0.2, -0.15) is 0 Å². The third-order valence-corrected chi connectivity index (χ3v) is 2.15. The third-order valence-electron chi connectivity index (χ3n) is 2.15. The number of hydrogen-bond donors (Lipinski definition) is 2. The molecule has 5 nitrogen and oxygen atoms in total. The molecule has 0 aliphatic carbocycles. The molecule has 0 saturated heterocycles. The molecule has 0 aliphatic rings. The van der Waals surface area contributed by atoms with E-state index >= 15 is 0 Å². The van der Waals surface area contributed by atoms with Crippen molar-refractivity contribution in [3.63, 3.8) is 0 Å². The molecular weight excluding hydrogens is 204 g/mol. The number of nitrogens with two attached hydrogens (primary N) is 1. The minimum Gasteiger partial charge on any atom is -0.325 e. The van der Waals surface area contributed by atoms with Crippen molar-refractivity contribution in [2.75, 3.05) is 5.32 Å². The number of nitrogens with zero attached hydrogens (tertiary/aromatic N) is 2. The van der Waals surface area contributed by atoms with Crippen LogP contribution < -0.4 is 11.1 Å². The van der Waals surface area contributed by atoms with Gasteiger partial charge in [-0.15, -0.1) is 0 Å². The minimum atomic E-state index is -0.530. The molecule has 1 aromatic heterocycles. The first-order chi connectivity index (χ1) is 7.66. The number of fused-ring (bicyclic) bond motifs is 1. The highest BCUT2D eigenvalue weighted by Gasteiger charge is 2.07. The zero-order valence-electron chi connectivity index (χ0n) is 8.84. The number of hydrogen-bond acceptors (Lipinski definition) is 4. The van der Waals surface area contributed by atoms with Crippen LogP contribution in [0.2, 0.25) is 0 Å². The van der Waals surface area contributed by atoms with Crippen molar-refractivity contribution in [1.29, 1.82) is 0 Å². The van der Waals surface area contributed by atoms with Gasteiger partial charge in [0.05, 0.1) is 17.1 Å². The first-order valence-electron chi connectivity index (χ1n) is 4.94. The Labute approximate surface area is 92.7 Å². The topological polar surface area (TPSA) is 80.9 Å². The molecule has 0 bridgehead atoms. The third kappa shape index (κ3) is 2.14. The van der Waals surface area contributed by atoms with Crippen molar-refractivity contribution in [3.05, 3.63) is 30.6 Å². The Kier molecular flexibility index (Phi) is 2.78. The van der Waals surface area contributed by atoms with Crippen LogP contribution in [0.4, 0.5) is 5.69 Å². The SMILES string of the molecule is C[C@H](N)C(=O)Nc1ccc2nccnc2c1. The zero-order chi connectivity index (χ0) is 11.5. The van der Waals surface area contributed by atoms with Crippen molar-refractivity contribution >= 4 is 22.6 Å². The van der Waals surface area contributed by atoms with Gasteiger partial charge in [0.2, 0.25) is 5.91 Å². The Bertz CT molecular complexity index is 524. The van der Waals surface area contributed by atoms with Gasteiger partial charge < -0.3 is 11.1 Å². The molecule has 2 aromatic rings. The van der Waals surface area contributed by atoms with Gasteiger partial charge in [0.15, 0.2) is 0 Å². The monoisotopic (exact) mass is 216 g/mol. The quantitative estimate of drug-likeness (QED) is 0.782. The van der Waals surface area contributed by atoms with Gasteiger partial charge in [-0.05, 0) is 25.1 Å². The van der Waals surface area contributed by atoms with Gasteiger partial charge in [-0.1, -0.05) is 0 Å². The van der Waals surface area contributed by atoms with Crippen LogP contribution in [-0.2, 0) is 4.79 Å². The molecular formula is C11H12N4O. The van der Waals surface area contributed by atoms with Crippen LogP contribution in [-0.4, -0.2) is 21.9 Å². The molecule has 1 amide bonds. The number of nitrogens with one attached hydrogen (secondary N) is 1. The molecule has 0 unspecified atom stereocenters. The molecule has 16 heavy (non-hydrogen) atoms. The van der Waals surface area contributed by atoms with E-state index in [-0.39, 0.29) is 5.91 Å². The van der Waals surface area contributed by atoms with E-state index in [1.807, 2.05) is 0 Å². The van der Waals surface area contributed by atoms with E-state index in [1.54, 1.807) is 37.5 Å². The summed E-state index contributed by atoms with van der Waals surface area (Å²) in [6.45, 7) is 1.64. The zero-order valence-corrected chi connectivity index (χ0v) is 8.84. The summed E-state index contributed by atoms with van der Waals surface area (Å²) < 4.78 is 0. The summed E-state index contributed by atoms with van der Waals surface area (Å²) in [5.41, 5.74) is 7.67. The standard InChI is InChI=1S/C11H12N4O/c1-7(12)11(16)15-8-2-3-9-10(6-8)14-5-4-13-9/h2-7H,12H2,1H3,(H,15,16)/t7-/m0/s1. The van der Waals surface area contributed by atoms with Gasteiger partial charge in [-0.3, -0.25) is 14.8 Å². The summed E-state index contributed by atoms with van der Waals surface area (Å²) >= 11 is 0. The van der Waals surface area contributed by atoms with E-state index < -0.39 is 6.04 Å². The fraction of sp³-hybridized carbons (Fsp3) is 0.182. The van der Waals surface area contributed by atoms with E-state index in [2.05, 4.69) is 15.3 Å². The molecule has 1 heterocycles. The number of anilines is 1. The Morgan fingerprint density at radius 1 is 1.31 bits per heavy atom. The molecule has 2 rings (SSSR count). The van der Waals surface area contributed by atoms with Crippen molar-refractivity contribution in [2.24, 2.45) is 5.73 Å². The minimum absolute atomic E-state index is 0.219. The lowest BCUT2D eigenvalue weighted by molar-refractivity contribution is -0.117. The summed E-state index contributed by atoms with van der Waals surface area (Å²) in [4.78, 5) is 19.7. The summed E-state index contributed by atoms with van der Waals surface area (Å²) in [5.74, 6) is -0.219. The molecule has 3 N–H and O–H groups in total. The average Bonchev–Trinajstić information content (AvgIpc) is 2.28. The maximum absolute atomic E-state index is 11.4. The lowest BCUT2D eigenvalue weighted by Crippen LogP contribution is -2.32. The molecule has 1 aromatic carbocycles. The lowest BCUT2D eigenvalue weighted by Gasteiger charge is -2.07. The number of rotatable bonds is 2. The van der Waals surface area contributed by atoms with Gasteiger partial charge in [0.25, 0.3) is 0 Å². The molecule has 0 saturated carbocycles. The number of carbonyl (C=O) groups is 1. The maximum Gasteiger partial charge on any atom is 0.240 e. The molecule has 0 aliphatic heterocycles. The Balaban J connectivity index is 2.29. The second kappa shape index (κ2) is 4.24. The number of benzene rings is 1. The van der Waals surface area contributed by atoms with Crippen LogP contribution in [0.25, 0.3) is 11.0 Å². The summed E-state index contributed by atoms with van der Waals surface area (Å²) in [5, 5.41) is 2.70. The summed E-state index contributed by atoms with van der Waals surface area (Å²) in [7, 11) is 0. The van der Waals surface area contributed by atoms with Crippen LogP contribution >= 0.6 is 0 Å². The normalized spacial score (nSPS) is 12.4. The Morgan fingerprint density at radius 2 is 2.00 bits per heavy atom. The summed E-state index contributed by atoms with van der Waals surface area (Å²) in [6, 6.07) is 4.82. The van der Waals surface area contributed by atoms with E-state index in [4.69, 9.17) is 5.73 Å². The van der Waals surface area contributed by atoms with Crippen LogP contribution in [0.1, 0.15) is 6.92 Å². The van der Waals surface area contributed by atoms with Crippen molar-refractivity contribution in [2.45, 2.75) is 13.0 Å². The van der Waals surface area contributed by atoms with Gasteiger partial charge in [0.1, 0.15) is 0 Å². The predicted molar refractivity (Wildman–Crippen MR) is 61.8 cm³/mol. The molecule has 1 atom stereocenters. The van der Waals surface area contributed by atoms with Crippen molar-refractivity contribution in [3.8, 4) is 0 Å². The highest BCUT2D eigenvalue weighted by molar-refractivity contribution is 5.95. The van der Waals surface area contributed by atoms with Crippen LogP contribution in [0, 0.1) is 0 Å². The smallest absolute Gasteiger partial charge is 0.240 e. The average molecular weight is 216 g/mol. The first-order valence-corrected chi connectivity index (χ1v) is 4.94. The molecule has 0 radical (unpaired) electrons. The van der Waals surface area contributed by atoms with Crippen molar-refractivity contribution < 1.29 is 4.79 Å². The maximum atomic E-state index is 11.4. The Hall–Kier alpha value is -2.01. The van der Waals surface area contributed by atoms with E-state index in [9.17, 15) is 4.79 Å². The van der Waals surface area contributed by atoms with Crippen molar-refractivity contribution in [1.82, 2.24) is 9.97 Å². The molecule has 82 valence electrons. The van der Waals surface area contributed by atoms with Crippen LogP contribution in [0.3, 0.4) is 0 Å². The van der Waals surface area contributed by atoms with Gasteiger partial charge >= 0.3 is 0 Å². The fourth-order valence-electron chi connectivity index (χ4n) is 1.30. The lowest BCUT2D eigenvalue weighted by atomic mass is 10.2. The highest BCUT2D eigenvalue weighted by atomic mass is 16.2. The first kappa shape index (κ1) is 10.5.